The maximum atomic E-state index is 9.28. The first kappa shape index (κ1) is 14.5. The van der Waals surface area contributed by atoms with Crippen molar-refractivity contribution in [2.45, 2.75) is 4.90 Å². The van der Waals surface area contributed by atoms with Gasteiger partial charge < -0.3 is 0 Å². The molecule has 3 aromatic rings. The summed E-state index contributed by atoms with van der Waals surface area (Å²) in [4.78, 5) is 0.772. The monoisotopic (exact) mass is 320 g/mol. The van der Waals surface area contributed by atoms with Crippen molar-refractivity contribution < 1.29 is 0 Å². The van der Waals surface area contributed by atoms with Crippen LogP contribution in [0.5, 0.6) is 0 Å². The first-order valence-electron chi connectivity index (χ1n) is 6.51. The molecule has 3 rings (SSSR count). The van der Waals surface area contributed by atoms with Gasteiger partial charge in [0, 0.05) is 16.0 Å². The standard InChI is InChI=1S/C18H9ClN2S/c19-18-14(7-5-12(9-20)15(18)10-21)17-13-4-2-1-3-11(13)6-8-16(17)22/h1-8,22H. The molecule has 0 spiro atoms. The van der Waals surface area contributed by atoms with Gasteiger partial charge in [0.15, 0.2) is 0 Å². The van der Waals surface area contributed by atoms with Crippen LogP contribution in [0.25, 0.3) is 21.9 Å². The van der Waals surface area contributed by atoms with Crippen molar-refractivity contribution in [2.24, 2.45) is 0 Å². The minimum absolute atomic E-state index is 0.197. The molecule has 0 atom stereocenters. The summed E-state index contributed by atoms with van der Waals surface area (Å²) in [6.45, 7) is 0. The van der Waals surface area contributed by atoms with Gasteiger partial charge in [-0.2, -0.15) is 10.5 Å². The number of thiol groups is 1. The van der Waals surface area contributed by atoms with Crippen LogP contribution in [0, 0.1) is 22.7 Å². The molecule has 0 saturated heterocycles. The average molecular weight is 321 g/mol. The minimum Gasteiger partial charge on any atom is -0.192 e. The summed E-state index contributed by atoms with van der Waals surface area (Å²) in [6, 6.07) is 19.2. The largest absolute Gasteiger partial charge is 0.192 e. The van der Waals surface area contributed by atoms with E-state index in [1.165, 1.54) is 0 Å². The smallest absolute Gasteiger partial charge is 0.102 e. The molecule has 0 aliphatic carbocycles. The Hall–Kier alpha value is -2.46. The van der Waals surface area contributed by atoms with Gasteiger partial charge in [0.1, 0.15) is 12.1 Å². The Morgan fingerprint density at radius 2 is 1.68 bits per heavy atom. The highest BCUT2D eigenvalue weighted by Gasteiger charge is 2.16. The summed E-state index contributed by atoms with van der Waals surface area (Å²) in [5.41, 5.74) is 2.05. The maximum absolute atomic E-state index is 9.28. The Labute approximate surface area is 138 Å². The lowest BCUT2D eigenvalue weighted by Gasteiger charge is -2.13. The summed E-state index contributed by atoms with van der Waals surface area (Å²) in [5.74, 6) is 0. The zero-order valence-corrected chi connectivity index (χ0v) is 13.0. The number of benzene rings is 3. The second-order valence-electron chi connectivity index (χ2n) is 4.75. The quantitative estimate of drug-likeness (QED) is 0.627. The van der Waals surface area contributed by atoms with Crippen molar-refractivity contribution >= 4 is 35.0 Å². The van der Waals surface area contributed by atoms with Crippen LogP contribution >= 0.6 is 24.2 Å². The number of fused-ring (bicyclic) bond motifs is 1. The van der Waals surface area contributed by atoms with Gasteiger partial charge in [-0.15, -0.1) is 12.6 Å². The van der Waals surface area contributed by atoms with Gasteiger partial charge in [-0.3, -0.25) is 0 Å². The van der Waals surface area contributed by atoms with Gasteiger partial charge in [-0.1, -0.05) is 48.0 Å². The lowest BCUT2D eigenvalue weighted by molar-refractivity contribution is 1.42. The average Bonchev–Trinajstić information content (AvgIpc) is 2.55. The van der Waals surface area contributed by atoms with Crippen molar-refractivity contribution in [3.05, 3.63) is 64.7 Å². The van der Waals surface area contributed by atoms with Crippen molar-refractivity contribution in [3.8, 4) is 23.3 Å². The van der Waals surface area contributed by atoms with Gasteiger partial charge >= 0.3 is 0 Å². The van der Waals surface area contributed by atoms with Crippen LogP contribution in [0.15, 0.2) is 53.4 Å². The maximum Gasteiger partial charge on any atom is 0.102 e. The highest BCUT2D eigenvalue weighted by Crippen LogP contribution is 2.39. The van der Waals surface area contributed by atoms with Crippen molar-refractivity contribution in [2.75, 3.05) is 0 Å². The van der Waals surface area contributed by atoms with Gasteiger partial charge in [-0.05, 0) is 22.9 Å². The molecule has 104 valence electrons. The second kappa shape index (κ2) is 5.73. The molecule has 0 aliphatic rings. The number of nitrogens with zero attached hydrogens (tertiary/aromatic N) is 2. The van der Waals surface area contributed by atoms with Gasteiger partial charge in [0.05, 0.1) is 16.1 Å². The Bertz CT molecular complexity index is 981. The van der Waals surface area contributed by atoms with E-state index in [0.717, 1.165) is 21.2 Å². The van der Waals surface area contributed by atoms with E-state index in [-0.39, 0.29) is 16.1 Å². The topological polar surface area (TPSA) is 47.6 Å². The molecule has 3 aromatic carbocycles. The molecule has 0 amide bonds. The molecule has 0 heterocycles. The van der Waals surface area contributed by atoms with E-state index in [1.807, 2.05) is 48.5 Å². The molecular weight excluding hydrogens is 312 g/mol. The summed E-state index contributed by atoms with van der Waals surface area (Å²) in [6.07, 6.45) is 0. The van der Waals surface area contributed by atoms with Crippen LogP contribution in [0.3, 0.4) is 0 Å². The molecule has 0 aliphatic heterocycles. The predicted octanol–water partition coefficient (Wildman–Crippen LogP) is 5.19. The Kier molecular flexibility index (Phi) is 3.77. The first-order chi connectivity index (χ1) is 10.7. The number of hydrogen-bond donors (Lipinski definition) is 1. The van der Waals surface area contributed by atoms with Crippen LogP contribution in [0.1, 0.15) is 11.1 Å². The molecule has 4 heteroatoms. The van der Waals surface area contributed by atoms with Gasteiger partial charge in [0.2, 0.25) is 0 Å². The zero-order chi connectivity index (χ0) is 15.7. The van der Waals surface area contributed by atoms with E-state index in [1.54, 1.807) is 12.1 Å². The van der Waals surface area contributed by atoms with E-state index < -0.39 is 0 Å². The van der Waals surface area contributed by atoms with Crippen LogP contribution in [-0.2, 0) is 0 Å². The fourth-order valence-corrected chi connectivity index (χ4v) is 3.13. The van der Waals surface area contributed by atoms with E-state index in [0.29, 0.717) is 5.56 Å². The number of hydrogen-bond acceptors (Lipinski definition) is 3. The van der Waals surface area contributed by atoms with Gasteiger partial charge in [0.25, 0.3) is 0 Å². The van der Waals surface area contributed by atoms with Gasteiger partial charge in [-0.25, -0.2) is 0 Å². The lowest BCUT2D eigenvalue weighted by Crippen LogP contribution is -1.91. The third kappa shape index (κ3) is 2.22. The fraction of sp³-hybridized carbons (Fsp3) is 0. The van der Waals surface area contributed by atoms with Crippen LogP contribution in [0.4, 0.5) is 0 Å². The molecule has 0 unspecified atom stereocenters. The van der Waals surface area contributed by atoms with E-state index >= 15 is 0 Å². The summed E-state index contributed by atoms with van der Waals surface area (Å²) >= 11 is 10.9. The van der Waals surface area contributed by atoms with Crippen molar-refractivity contribution in [1.82, 2.24) is 0 Å². The third-order valence-electron chi connectivity index (χ3n) is 3.55. The number of rotatable bonds is 1. The SMILES string of the molecule is N#Cc1ccc(-c2c(S)ccc3ccccc23)c(Cl)c1C#N. The van der Waals surface area contributed by atoms with Crippen LogP contribution in [0.2, 0.25) is 5.02 Å². The first-order valence-corrected chi connectivity index (χ1v) is 7.33. The fourth-order valence-electron chi connectivity index (χ4n) is 2.51. The Balaban J connectivity index is 2.41. The van der Waals surface area contributed by atoms with Crippen molar-refractivity contribution in [1.29, 1.82) is 10.5 Å². The number of halogens is 1. The molecular formula is C18H9ClN2S. The molecule has 0 aromatic heterocycles. The van der Waals surface area contributed by atoms with E-state index in [9.17, 15) is 5.26 Å². The van der Waals surface area contributed by atoms with Crippen molar-refractivity contribution in [3.63, 3.8) is 0 Å². The predicted molar refractivity (Wildman–Crippen MR) is 91.1 cm³/mol. The highest BCUT2D eigenvalue weighted by atomic mass is 35.5. The Morgan fingerprint density at radius 3 is 2.41 bits per heavy atom. The molecule has 0 fully saturated rings. The van der Waals surface area contributed by atoms with E-state index in [4.69, 9.17) is 16.9 Å². The summed E-state index contributed by atoms with van der Waals surface area (Å²) in [5, 5.41) is 20.7. The molecule has 0 bridgehead atoms. The molecule has 0 saturated carbocycles. The van der Waals surface area contributed by atoms with E-state index in [2.05, 4.69) is 12.6 Å². The van der Waals surface area contributed by atoms with Crippen LogP contribution in [-0.4, -0.2) is 0 Å². The second-order valence-corrected chi connectivity index (χ2v) is 5.61. The molecule has 22 heavy (non-hydrogen) atoms. The number of nitriles is 2. The molecule has 0 N–H and O–H groups in total. The van der Waals surface area contributed by atoms with Crippen LogP contribution < -0.4 is 0 Å². The summed E-state index contributed by atoms with van der Waals surface area (Å²) < 4.78 is 0. The third-order valence-corrected chi connectivity index (χ3v) is 4.32. The molecule has 0 radical (unpaired) electrons. The normalized spacial score (nSPS) is 10.2. The molecule has 2 nitrogen and oxygen atoms in total. The minimum atomic E-state index is 0.197. The lowest BCUT2D eigenvalue weighted by atomic mass is 9.95. The summed E-state index contributed by atoms with van der Waals surface area (Å²) in [7, 11) is 0. The highest BCUT2D eigenvalue weighted by molar-refractivity contribution is 7.80. The zero-order valence-electron chi connectivity index (χ0n) is 11.3. The Morgan fingerprint density at radius 1 is 0.909 bits per heavy atom.